The Morgan fingerprint density at radius 2 is 1.35 bits per heavy atom. The third kappa shape index (κ3) is 5.70. The molecule has 1 unspecified atom stereocenters. The van der Waals surface area contributed by atoms with Crippen LogP contribution in [0.3, 0.4) is 0 Å². The van der Waals surface area contributed by atoms with Gasteiger partial charge in [-0.2, -0.15) is 0 Å². The van der Waals surface area contributed by atoms with Crippen LogP contribution >= 0.6 is 0 Å². The fourth-order valence-corrected chi connectivity index (χ4v) is 5.15. The van der Waals surface area contributed by atoms with Crippen LogP contribution in [0, 0.1) is 10.8 Å². The van der Waals surface area contributed by atoms with Crippen molar-refractivity contribution < 1.29 is 8.42 Å². The van der Waals surface area contributed by atoms with E-state index < -0.39 is 9.84 Å². The van der Waals surface area contributed by atoms with Crippen molar-refractivity contribution in [1.29, 1.82) is 0 Å². The summed E-state index contributed by atoms with van der Waals surface area (Å²) in [5, 5.41) is 0. The fourth-order valence-electron chi connectivity index (χ4n) is 3.27. The van der Waals surface area contributed by atoms with Crippen molar-refractivity contribution in [2.45, 2.75) is 58.8 Å². The van der Waals surface area contributed by atoms with Crippen LogP contribution in [0.25, 0.3) is 0 Å². The van der Waals surface area contributed by atoms with Crippen LogP contribution in [0.5, 0.6) is 0 Å². The minimum atomic E-state index is -3.35. The molecule has 0 fully saturated rings. The van der Waals surface area contributed by atoms with Gasteiger partial charge >= 0.3 is 0 Å². The van der Waals surface area contributed by atoms with E-state index in [2.05, 4.69) is 41.5 Å². The molecule has 0 N–H and O–H groups in total. The number of sulfone groups is 1. The smallest absolute Gasteiger partial charge is 0.178 e. The first-order chi connectivity index (χ1) is 11.9. The maximum atomic E-state index is 13.1. The first-order valence-electron chi connectivity index (χ1n) is 9.25. The SMILES string of the molecule is CC(C)(C)Cc1ccc(S(=O)(=O)CC(c2ccccc2)C(C)(C)C)cc1. The maximum absolute atomic E-state index is 13.1. The quantitative estimate of drug-likeness (QED) is 0.657. The van der Waals surface area contributed by atoms with Crippen molar-refractivity contribution in [3.63, 3.8) is 0 Å². The molecular formula is C23H32O2S. The van der Waals surface area contributed by atoms with E-state index in [4.69, 9.17) is 0 Å². The predicted molar refractivity (Wildman–Crippen MR) is 110 cm³/mol. The highest BCUT2D eigenvalue weighted by Gasteiger charge is 2.31. The van der Waals surface area contributed by atoms with Crippen molar-refractivity contribution in [3.05, 3.63) is 65.7 Å². The number of rotatable bonds is 5. The third-order valence-corrected chi connectivity index (χ3v) is 6.41. The van der Waals surface area contributed by atoms with Crippen molar-refractivity contribution in [1.82, 2.24) is 0 Å². The van der Waals surface area contributed by atoms with Gasteiger partial charge in [-0.3, -0.25) is 0 Å². The van der Waals surface area contributed by atoms with Gasteiger partial charge in [0.25, 0.3) is 0 Å². The Labute approximate surface area is 159 Å². The molecule has 0 saturated carbocycles. The Balaban J connectivity index is 2.28. The summed E-state index contributed by atoms with van der Waals surface area (Å²) in [6, 6.07) is 17.4. The molecule has 0 saturated heterocycles. The highest BCUT2D eigenvalue weighted by atomic mass is 32.2. The van der Waals surface area contributed by atoms with Gasteiger partial charge in [0.05, 0.1) is 10.6 Å². The summed E-state index contributed by atoms with van der Waals surface area (Å²) in [7, 11) is -3.35. The van der Waals surface area contributed by atoms with E-state index >= 15 is 0 Å². The number of hydrogen-bond acceptors (Lipinski definition) is 2. The second-order valence-electron chi connectivity index (χ2n) is 9.49. The van der Waals surface area contributed by atoms with Crippen LogP contribution in [0.1, 0.15) is 58.6 Å². The van der Waals surface area contributed by atoms with Crippen molar-refractivity contribution in [2.24, 2.45) is 10.8 Å². The Kier molecular flexibility index (Phi) is 6.02. The van der Waals surface area contributed by atoms with E-state index in [9.17, 15) is 8.42 Å². The summed E-state index contributed by atoms with van der Waals surface area (Å²) < 4.78 is 26.1. The Bertz CT molecular complexity index is 805. The van der Waals surface area contributed by atoms with Gasteiger partial charge < -0.3 is 0 Å². The molecule has 0 bridgehead atoms. The third-order valence-electron chi connectivity index (χ3n) is 4.65. The molecule has 0 spiro atoms. The summed E-state index contributed by atoms with van der Waals surface area (Å²) in [5.74, 6) is 0.0713. The van der Waals surface area contributed by atoms with E-state index in [1.165, 1.54) is 5.56 Å². The highest BCUT2D eigenvalue weighted by Crippen LogP contribution is 2.37. The largest absolute Gasteiger partial charge is 0.224 e. The van der Waals surface area contributed by atoms with Gasteiger partial charge in [-0.05, 0) is 40.5 Å². The van der Waals surface area contributed by atoms with Gasteiger partial charge in [-0.1, -0.05) is 84.0 Å². The van der Waals surface area contributed by atoms with Crippen LogP contribution < -0.4 is 0 Å². The molecule has 26 heavy (non-hydrogen) atoms. The highest BCUT2D eigenvalue weighted by molar-refractivity contribution is 7.91. The van der Waals surface area contributed by atoms with E-state index in [1.807, 2.05) is 42.5 Å². The molecular weight excluding hydrogens is 340 g/mol. The van der Waals surface area contributed by atoms with Gasteiger partial charge in [0.15, 0.2) is 9.84 Å². The molecule has 1 atom stereocenters. The van der Waals surface area contributed by atoms with E-state index in [1.54, 1.807) is 12.1 Å². The summed E-state index contributed by atoms with van der Waals surface area (Å²) in [6.45, 7) is 12.9. The standard InChI is InChI=1S/C23H32O2S/c1-22(2,3)16-18-12-14-20(15-13-18)26(24,25)17-21(23(4,5)6)19-10-8-7-9-11-19/h7-15,21H,16-17H2,1-6H3. The Hall–Kier alpha value is -1.61. The number of benzene rings is 2. The molecule has 0 aromatic heterocycles. The lowest BCUT2D eigenvalue weighted by molar-refractivity contribution is 0.340. The van der Waals surface area contributed by atoms with Gasteiger partial charge in [-0.25, -0.2) is 8.42 Å². The first kappa shape index (κ1) is 20.7. The fraction of sp³-hybridized carbons (Fsp3) is 0.478. The molecule has 2 rings (SSSR count). The molecule has 0 aliphatic rings. The molecule has 0 heterocycles. The van der Waals surface area contributed by atoms with Crippen LogP contribution in [0.2, 0.25) is 0 Å². The zero-order valence-corrected chi connectivity index (χ0v) is 17.7. The normalized spacial score (nSPS) is 14.2. The zero-order chi connectivity index (χ0) is 19.6. The molecule has 3 heteroatoms. The minimum Gasteiger partial charge on any atom is -0.224 e. The maximum Gasteiger partial charge on any atom is 0.178 e. The molecule has 2 aromatic rings. The molecule has 142 valence electrons. The van der Waals surface area contributed by atoms with Gasteiger partial charge in [0.2, 0.25) is 0 Å². The van der Waals surface area contributed by atoms with E-state index in [-0.39, 0.29) is 22.5 Å². The summed E-state index contributed by atoms with van der Waals surface area (Å²) in [5.41, 5.74) is 2.30. The monoisotopic (exact) mass is 372 g/mol. The average Bonchev–Trinajstić information content (AvgIpc) is 2.51. The number of hydrogen-bond donors (Lipinski definition) is 0. The van der Waals surface area contributed by atoms with Crippen LogP contribution in [0.4, 0.5) is 0 Å². The zero-order valence-electron chi connectivity index (χ0n) is 16.9. The van der Waals surface area contributed by atoms with Crippen LogP contribution in [-0.2, 0) is 16.3 Å². The predicted octanol–water partition coefficient (Wildman–Crippen LogP) is 5.88. The van der Waals surface area contributed by atoms with Crippen molar-refractivity contribution in [2.75, 3.05) is 5.75 Å². The second-order valence-corrected chi connectivity index (χ2v) is 11.5. The molecule has 0 aliphatic heterocycles. The van der Waals surface area contributed by atoms with Crippen LogP contribution in [-0.4, -0.2) is 14.2 Å². The lowest BCUT2D eigenvalue weighted by Crippen LogP contribution is -2.26. The molecule has 0 aliphatic carbocycles. The van der Waals surface area contributed by atoms with E-state index in [0.717, 1.165) is 12.0 Å². The van der Waals surface area contributed by atoms with Crippen molar-refractivity contribution >= 4 is 9.84 Å². The Morgan fingerprint density at radius 3 is 1.81 bits per heavy atom. The first-order valence-corrected chi connectivity index (χ1v) is 10.9. The lowest BCUT2D eigenvalue weighted by atomic mass is 9.78. The van der Waals surface area contributed by atoms with Crippen LogP contribution in [0.15, 0.2) is 59.5 Å². The summed E-state index contributed by atoms with van der Waals surface area (Å²) >= 11 is 0. The topological polar surface area (TPSA) is 34.1 Å². The summed E-state index contributed by atoms with van der Waals surface area (Å²) in [6.07, 6.45) is 0.932. The van der Waals surface area contributed by atoms with E-state index in [0.29, 0.717) is 4.90 Å². The summed E-state index contributed by atoms with van der Waals surface area (Å²) in [4.78, 5) is 0.417. The van der Waals surface area contributed by atoms with Gasteiger partial charge in [0.1, 0.15) is 0 Å². The molecule has 0 radical (unpaired) electrons. The molecule has 2 aromatic carbocycles. The van der Waals surface area contributed by atoms with Gasteiger partial charge in [0, 0.05) is 5.92 Å². The molecule has 0 amide bonds. The minimum absolute atomic E-state index is 0.0528. The average molecular weight is 373 g/mol. The molecule has 2 nitrogen and oxygen atoms in total. The Morgan fingerprint density at radius 1 is 0.808 bits per heavy atom. The lowest BCUT2D eigenvalue weighted by Gasteiger charge is -2.31. The second kappa shape index (κ2) is 7.56. The van der Waals surface area contributed by atoms with Crippen molar-refractivity contribution in [3.8, 4) is 0 Å². The van der Waals surface area contributed by atoms with Gasteiger partial charge in [-0.15, -0.1) is 0 Å².